The third kappa shape index (κ3) is 6.19. The van der Waals surface area contributed by atoms with Crippen molar-refractivity contribution in [3.8, 4) is 0 Å². The van der Waals surface area contributed by atoms with Crippen LogP contribution < -0.4 is 10.7 Å². The van der Waals surface area contributed by atoms with Gasteiger partial charge < -0.3 is 5.32 Å². The van der Waals surface area contributed by atoms with Gasteiger partial charge in [0, 0.05) is 35.7 Å². The minimum Gasteiger partial charge on any atom is -0.326 e. The van der Waals surface area contributed by atoms with E-state index in [1.165, 1.54) is 30.5 Å². The molecule has 0 aliphatic carbocycles. The van der Waals surface area contributed by atoms with Gasteiger partial charge >= 0.3 is 0 Å². The highest BCUT2D eigenvalue weighted by Gasteiger charge is 2.09. The van der Waals surface area contributed by atoms with E-state index in [1.54, 1.807) is 25.1 Å². The number of nitro benzene ring substituents is 1. The van der Waals surface area contributed by atoms with E-state index in [2.05, 4.69) is 15.8 Å². The summed E-state index contributed by atoms with van der Waals surface area (Å²) in [6, 6.07) is 10.9. The Morgan fingerprint density at radius 2 is 1.81 bits per heavy atom. The van der Waals surface area contributed by atoms with Crippen LogP contribution in [0.3, 0.4) is 0 Å². The van der Waals surface area contributed by atoms with Gasteiger partial charge in [0.2, 0.25) is 11.8 Å². The Morgan fingerprint density at radius 1 is 1.15 bits per heavy atom. The SMILES string of the molecule is Cc1c(Cl)cccc1NC(=O)CCC(=O)N/N=C/c1ccc([N+](=O)[O-])cc1. The highest BCUT2D eigenvalue weighted by molar-refractivity contribution is 6.31. The lowest BCUT2D eigenvalue weighted by molar-refractivity contribution is -0.384. The van der Waals surface area contributed by atoms with Gasteiger partial charge in [-0.05, 0) is 42.3 Å². The molecule has 9 heteroatoms. The van der Waals surface area contributed by atoms with Gasteiger partial charge in [0.25, 0.3) is 5.69 Å². The number of hydrazone groups is 1. The van der Waals surface area contributed by atoms with Crippen molar-refractivity contribution in [3.05, 3.63) is 68.7 Å². The third-order valence-corrected chi connectivity index (χ3v) is 4.04. The van der Waals surface area contributed by atoms with E-state index in [0.717, 1.165) is 5.56 Å². The number of carbonyl (C=O) groups excluding carboxylic acids is 2. The Bertz CT molecular complexity index is 881. The van der Waals surface area contributed by atoms with E-state index in [0.29, 0.717) is 16.3 Å². The minimum absolute atomic E-state index is 0.00909. The van der Waals surface area contributed by atoms with Crippen molar-refractivity contribution in [1.29, 1.82) is 0 Å². The molecule has 0 saturated heterocycles. The van der Waals surface area contributed by atoms with Crippen LogP contribution in [-0.2, 0) is 9.59 Å². The molecular formula is C18H17ClN4O4. The van der Waals surface area contributed by atoms with Crippen molar-refractivity contribution in [2.45, 2.75) is 19.8 Å². The summed E-state index contributed by atoms with van der Waals surface area (Å²) >= 11 is 5.99. The predicted molar refractivity (Wildman–Crippen MR) is 103 cm³/mol. The smallest absolute Gasteiger partial charge is 0.269 e. The molecule has 8 nitrogen and oxygen atoms in total. The van der Waals surface area contributed by atoms with Crippen LogP contribution in [0.25, 0.3) is 0 Å². The number of hydrogen-bond donors (Lipinski definition) is 2. The van der Waals surface area contributed by atoms with Crippen LogP contribution in [-0.4, -0.2) is 23.0 Å². The summed E-state index contributed by atoms with van der Waals surface area (Å²) in [6.45, 7) is 1.79. The third-order valence-electron chi connectivity index (χ3n) is 3.63. The van der Waals surface area contributed by atoms with Gasteiger partial charge in [-0.25, -0.2) is 5.43 Å². The highest BCUT2D eigenvalue weighted by Crippen LogP contribution is 2.23. The lowest BCUT2D eigenvalue weighted by atomic mass is 10.2. The number of nitrogens with zero attached hydrogens (tertiary/aromatic N) is 2. The van der Waals surface area contributed by atoms with Crippen molar-refractivity contribution < 1.29 is 14.5 Å². The second-order valence-corrected chi connectivity index (χ2v) is 6.01. The van der Waals surface area contributed by atoms with Gasteiger partial charge in [0.05, 0.1) is 11.1 Å². The van der Waals surface area contributed by atoms with E-state index in [-0.39, 0.29) is 24.4 Å². The maximum absolute atomic E-state index is 11.9. The van der Waals surface area contributed by atoms with Crippen molar-refractivity contribution in [3.63, 3.8) is 0 Å². The van der Waals surface area contributed by atoms with Gasteiger partial charge in [0.1, 0.15) is 0 Å². The van der Waals surface area contributed by atoms with Crippen LogP contribution in [0, 0.1) is 17.0 Å². The predicted octanol–water partition coefficient (Wildman–Crippen LogP) is 3.43. The topological polar surface area (TPSA) is 114 Å². The number of anilines is 1. The first-order valence-electron chi connectivity index (χ1n) is 7.98. The van der Waals surface area contributed by atoms with Crippen LogP contribution in [0.15, 0.2) is 47.6 Å². The van der Waals surface area contributed by atoms with Crippen LogP contribution in [0.4, 0.5) is 11.4 Å². The van der Waals surface area contributed by atoms with Gasteiger partial charge in [-0.15, -0.1) is 0 Å². The highest BCUT2D eigenvalue weighted by atomic mass is 35.5. The molecule has 2 aromatic rings. The second kappa shape index (κ2) is 9.44. The summed E-state index contributed by atoms with van der Waals surface area (Å²) in [5, 5.41) is 17.6. The van der Waals surface area contributed by atoms with E-state index < -0.39 is 10.8 Å². The van der Waals surface area contributed by atoms with E-state index in [1.807, 2.05) is 0 Å². The summed E-state index contributed by atoms with van der Waals surface area (Å²) in [5.74, 6) is -0.735. The molecule has 0 aromatic heterocycles. The van der Waals surface area contributed by atoms with Gasteiger partial charge in [-0.2, -0.15) is 5.10 Å². The lowest BCUT2D eigenvalue weighted by Gasteiger charge is -2.09. The molecule has 27 heavy (non-hydrogen) atoms. The van der Waals surface area contributed by atoms with Gasteiger partial charge in [-0.1, -0.05) is 17.7 Å². The molecule has 0 aliphatic heterocycles. The molecule has 0 spiro atoms. The molecule has 2 aromatic carbocycles. The number of hydrogen-bond acceptors (Lipinski definition) is 5. The second-order valence-electron chi connectivity index (χ2n) is 5.60. The monoisotopic (exact) mass is 388 g/mol. The van der Waals surface area contributed by atoms with Gasteiger partial charge in [0.15, 0.2) is 0 Å². The largest absolute Gasteiger partial charge is 0.326 e. The van der Waals surface area contributed by atoms with E-state index in [4.69, 9.17) is 11.6 Å². The Morgan fingerprint density at radius 3 is 2.48 bits per heavy atom. The maximum Gasteiger partial charge on any atom is 0.269 e. The lowest BCUT2D eigenvalue weighted by Crippen LogP contribution is -2.20. The molecule has 0 bridgehead atoms. The number of rotatable bonds is 7. The summed E-state index contributed by atoms with van der Waals surface area (Å²) in [5.41, 5.74) is 4.22. The van der Waals surface area contributed by atoms with Crippen LogP contribution in [0.2, 0.25) is 5.02 Å². The van der Waals surface area contributed by atoms with Crippen molar-refractivity contribution in [2.24, 2.45) is 5.10 Å². The average molecular weight is 389 g/mol. The first-order chi connectivity index (χ1) is 12.9. The Kier molecular flexibility index (Phi) is 7.01. The van der Waals surface area contributed by atoms with Crippen molar-refractivity contribution in [1.82, 2.24) is 5.43 Å². The quantitative estimate of drug-likeness (QED) is 0.429. The molecule has 0 radical (unpaired) electrons. The molecule has 0 heterocycles. The Hall–Kier alpha value is -3.26. The molecule has 2 amide bonds. The average Bonchev–Trinajstić information content (AvgIpc) is 2.64. The standard InChI is InChI=1S/C18H17ClN4O4/c1-12-15(19)3-2-4-16(12)21-17(24)9-10-18(25)22-20-11-13-5-7-14(8-6-13)23(26)27/h2-8,11H,9-10H2,1H3,(H,21,24)(H,22,25)/b20-11+. The summed E-state index contributed by atoms with van der Waals surface area (Å²) in [6.07, 6.45) is 1.31. The fraction of sp³-hybridized carbons (Fsp3) is 0.167. The van der Waals surface area contributed by atoms with Crippen LogP contribution in [0.1, 0.15) is 24.0 Å². The zero-order chi connectivity index (χ0) is 19.8. The number of halogens is 1. The van der Waals surface area contributed by atoms with E-state index in [9.17, 15) is 19.7 Å². The molecule has 0 aliphatic rings. The zero-order valence-electron chi connectivity index (χ0n) is 14.4. The number of carbonyl (C=O) groups is 2. The fourth-order valence-corrected chi connectivity index (χ4v) is 2.27. The summed E-state index contributed by atoms with van der Waals surface area (Å²) in [7, 11) is 0. The van der Waals surface area contributed by atoms with Gasteiger partial charge in [-0.3, -0.25) is 19.7 Å². The molecular weight excluding hydrogens is 372 g/mol. The first-order valence-corrected chi connectivity index (χ1v) is 8.36. The number of nitrogens with one attached hydrogen (secondary N) is 2. The zero-order valence-corrected chi connectivity index (χ0v) is 15.2. The number of nitro groups is 1. The normalized spacial score (nSPS) is 10.6. The van der Waals surface area contributed by atoms with Crippen LogP contribution in [0.5, 0.6) is 0 Å². The molecule has 0 fully saturated rings. The van der Waals surface area contributed by atoms with Crippen molar-refractivity contribution >= 4 is 41.0 Å². The van der Waals surface area contributed by atoms with Crippen LogP contribution >= 0.6 is 11.6 Å². The number of non-ortho nitro benzene ring substituents is 1. The minimum atomic E-state index is -0.501. The number of benzene rings is 2. The van der Waals surface area contributed by atoms with Crippen molar-refractivity contribution in [2.75, 3.05) is 5.32 Å². The maximum atomic E-state index is 11.9. The summed E-state index contributed by atoms with van der Waals surface area (Å²) in [4.78, 5) is 33.7. The molecule has 2 N–H and O–H groups in total. The molecule has 2 rings (SSSR count). The number of amides is 2. The first kappa shape index (κ1) is 20.1. The van der Waals surface area contributed by atoms with E-state index >= 15 is 0 Å². The molecule has 0 saturated carbocycles. The summed E-state index contributed by atoms with van der Waals surface area (Å²) < 4.78 is 0. The Balaban J connectivity index is 1.77. The molecule has 0 atom stereocenters. The Labute approximate surface area is 160 Å². The molecule has 140 valence electrons. The fourth-order valence-electron chi connectivity index (χ4n) is 2.10. The molecule has 0 unspecified atom stereocenters.